The molecule has 238 valence electrons. The highest BCUT2D eigenvalue weighted by Crippen LogP contribution is 2.53. The van der Waals surface area contributed by atoms with Crippen LogP contribution in [0.3, 0.4) is 0 Å². The summed E-state index contributed by atoms with van der Waals surface area (Å²) >= 11 is 0. The maximum atomic E-state index is 3.82. The molecule has 0 saturated heterocycles. The average Bonchev–Trinajstić information content (AvgIpc) is 3.57. The summed E-state index contributed by atoms with van der Waals surface area (Å²) in [6.45, 7) is 14.1. The Morgan fingerprint density at radius 3 is 1.14 bits per heavy atom. The van der Waals surface area contributed by atoms with E-state index < -0.39 is 0 Å². The van der Waals surface area contributed by atoms with Gasteiger partial charge in [0.05, 0.1) is 0 Å². The molecule has 49 heavy (non-hydrogen) atoms. The lowest BCUT2D eigenvalue weighted by Crippen LogP contribution is -2.16. The topological polar surface area (TPSA) is 24.1 Å². The molecule has 2 heteroatoms. The minimum Gasteiger partial charge on any atom is -0.355 e. The second-order valence-corrected chi connectivity index (χ2v) is 16.0. The van der Waals surface area contributed by atoms with Gasteiger partial charge in [-0.2, -0.15) is 0 Å². The van der Waals surface area contributed by atoms with Crippen LogP contribution in [-0.2, 0) is 16.2 Å². The van der Waals surface area contributed by atoms with Crippen molar-refractivity contribution in [2.45, 2.75) is 57.8 Å². The summed E-state index contributed by atoms with van der Waals surface area (Å²) in [5.41, 5.74) is 18.1. The number of anilines is 4. The molecular formula is C47H40N2. The van der Waals surface area contributed by atoms with Gasteiger partial charge in [-0.1, -0.05) is 114 Å². The van der Waals surface area contributed by atoms with Crippen LogP contribution in [0.4, 0.5) is 22.7 Å². The molecule has 0 bridgehead atoms. The number of hydrogen-bond acceptors (Lipinski definition) is 2. The molecule has 3 aliphatic rings. The molecule has 2 N–H and O–H groups in total. The lowest BCUT2D eigenvalue weighted by atomic mass is 9.81. The van der Waals surface area contributed by atoms with Crippen molar-refractivity contribution in [3.8, 4) is 22.3 Å². The van der Waals surface area contributed by atoms with E-state index >= 15 is 0 Å². The second kappa shape index (κ2) is 9.42. The van der Waals surface area contributed by atoms with Gasteiger partial charge < -0.3 is 10.6 Å². The second-order valence-electron chi connectivity index (χ2n) is 16.0. The van der Waals surface area contributed by atoms with Gasteiger partial charge in [0.15, 0.2) is 0 Å². The highest BCUT2D eigenvalue weighted by Gasteiger charge is 2.38. The molecule has 7 aromatic rings. The van der Waals surface area contributed by atoms with E-state index in [2.05, 4.69) is 174 Å². The van der Waals surface area contributed by atoms with Crippen molar-refractivity contribution in [3.63, 3.8) is 0 Å². The van der Waals surface area contributed by atoms with Gasteiger partial charge in [-0.25, -0.2) is 0 Å². The van der Waals surface area contributed by atoms with Gasteiger partial charge in [0, 0.05) is 39.0 Å². The Morgan fingerprint density at radius 2 is 0.694 bits per heavy atom. The third-order valence-corrected chi connectivity index (χ3v) is 12.1. The number of hydrogen-bond donors (Lipinski definition) is 2. The standard InChI is InChI=1S/C47H40N2/c1-45(2)37-13-9-7-11-33(37)35-19-17-29(23-39(35)45)48-31-21-27-15-16-28-22-32(26-42-44(28)43(27)41(25-31)47(42,5)6)49-30-18-20-36-34-12-8-10-14-38(34)46(3,4)40(36)24-30/h7-26,48-49H,1-6H3. The van der Waals surface area contributed by atoms with Crippen LogP contribution in [0.5, 0.6) is 0 Å². The smallest absolute Gasteiger partial charge is 0.0393 e. The SMILES string of the molecule is CC1(C)c2ccccc2-c2ccc(Nc3cc4c5c(ccc6cc(Nc7ccc8c(c7)C(C)(C)c7ccccc7-8)cc(c65)C4(C)C)c3)cc21. The van der Waals surface area contributed by atoms with E-state index in [4.69, 9.17) is 0 Å². The minimum atomic E-state index is -0.140. The van der Waals surface area contributed by atoms with E-state index in [1.807, 2.05) is 0 Å². The molecule has 0 amide bonds. The molecule has 0 aliphatic heterocycles. The van der Waals surface area contributed by atoms with Crippen LogP contribution in [0.1, 0.15) is 74.9 Å². The molecule has 0 heterocycles. The van der Waals surface area contributed by atoms with E-state index in [1.54, 1.807) is 0 Å². The van der Waals surface area contributed by atoms with Crippen molar-refractivity contribution in [1.29, 1.82) is 0 Å². The predicted octanol–water partition coefficient (Wildman–Crippen LogP) is 12.7. The van der Waals surface area contributed by atoms with Crippen LogP contribution in [0.2, 0.25) is 0 Å². The monoisotopic (exact) mass is 632 g/mol. The zero-order valence-electron chi connectivity index (χ0n) is 29.0. The zero-order chi connectivity index (χ0) is 33.4. The summed E-state index contributed by atoms with van der Waals surface area (Å²) < 4.78 is 0. The minimum absolute atomic E-state index is 0.0247. The van der Waals surface area contributed by atoms with Gasteiger partial charge in [-0.3, -0.25) is 0 Å². The maximum absolute atomic E-state index is 3.82. The quantitative estimate of drug-likeness (QED) is 0.189. The van der Waals surface area contributed by atoms with Gasteiger partial charge in [0.25, 0.3) is 0 Å². The van der Waals surface area contributed by atoms with Crippen LogP contribution in [0.15, 0.2) is 121 Å². The molecule has 0 radical (unpaired) electrons. The van der Waals surface area contributed by atoms with Gasteiger partial charge in [-0.05, 0) is 126 Å². The number of fused-ring (bicyclic) bond motifs is 6. The predicted molar refractivity (Wildman–Crippen MR) is 208 cm³/mol. The van der Waals surface area contributed by atoms with Crippen molar-refractivity contribution in [1.82, 2.24) is 0 Å². The van der Waals surface area contributed by atoms with Gasteiger partial charge in [0.1, 0.15) is 0 Å². The van der Waals surface area contributed by atoms with Crippen LogP contribution in [0, 0.1) is 0 Å². The first kappa shape index (κ1) is 28.7. The van der Waals surface area contributed by atoms with E-state index in [1.165, 1.54) is 77.2 Å². The fourth-order valence-corrected chi connectivity index (χ4v) is 9.50. The van der Waals surface area contributed by atoms with E-state index in [0.717, 1.165) is 22.7 Å². The number of rotatable bonds is 4. The Kier molecular flexibility index (Phi) is 5.51. The maximum Gasteiger partial charge on any atom is 0.0393 e. The van der Waals surface area contributed by atoms with Crippen molar-refractivity contribution < 1.29 is 0 Å². The fraction of sp³-hybridized carbons (Fsp3) is 0.191. The Bertz CT molecular complexity index is 2400. The Labute approximate surface area is 288 Å². The van der Waals surface area contributed by atoms with Crippen LogP contribution >= 0.6 is 0 Å². The average molecular weight is 633 g/mol. The van der Waals surface area contributed by atoms with Crippen LogP contribution in [0.25, 0.3) is 43.8 Å². The van der Waals surface area contributed by atoms with E-state index in [0.29, 0.717) is 0 Å². The lowest BCUT2D eigenvalue weighted by Gasteiger charge is -2.24. The number of nitrogens with one attached hydrogen (secondary N) is 2. The third kappa shape index (κ3) is 3.83. The molecule has 0 aromatic heterocycles. The molecule has 3 aliphatic carbocycles. The van der Waals surface area contributed by atoms with Gasteiger partial charge in [0.2, 0.25) is 0 Å². The Hall–Kier alpha value is -5.34. The summed E-state index contributed by atoms with van der Waals surface area (Å²) in [5, 5.41) is 13.0. The summed E-state index contributed by atoms with van der Waals surface area (Å²) in [6, 6.07) is 45.5. The normalized spacial score (nSPS) is 16.4. The van der Waals surface area contributed by atoms with Crippen LogP contribution < -0.4 is 10.6 Å². The summed E-state index contributed by atoms with van der Waals surface area (Å²) in [5.74, 6) is 0. The van der Waals surface area contributed by atoms with Gasteiger partial charge in [-0.15, -0.1) is 0 Å². The van der Waals surface area contributed by atoms with Crippen molar-refractivity contribution in [3.05, 3.63) is 155 Å². The first-order valence-electron chi connectivity index (χ1n) is 17.6. The molecule has 2 nitrogen and oxygen atoms in total. The first-order valence-corrected chi connectivity index (χ1v) is 17.6. The molecule has 0 atom stereocenters. The summed E-state index contributed by atoms with van der Waals surface area (Å²) in [7, 11) is 0. The molecule has 0 saturated carbocycles. The Balaban J connectivity index is 1.000. The van der Waals surface area contributed by atoms with E-state index in [-0.39, 0.29) is 16.2 Å². The largest absolute Gasteiger partial charge is 0.355 e. The molecule has 0 spiro atoms. The van der Waals surface area contributed by atoms with E-state index in [9.17, 15) is 0 Å². The first-order chi connectivity index (χ1) is 23.5. The van der Waals surface area contributed by atoms with Crippen molar-refractivity contribution in [2.24, 2.45) is 0 Å². The van der Waals surface area contributed by atoms with Gasteiger partial charge >= 0.3 is 0 Å². The molecule has 7 aromatic carbocycles. The Morgan fingerprint density at radius 1 is 0.327 bits per heavy atom. The lowest BCUT2D eigenvalue weighted by molar-refractivity contribution is 0.660. The number of benzene rings is 7. The third-order valence-electron chi connectivity index (χ3n) is 12.1. The highest BCUT2D eigenvalue weighted by atomic mass is 14.9. The molecule has 0 fully saturated rings. The fourth-order valence-electron chi connectivity index (χ4n) is 9.50. The zero-order valence-corrected chi connectivity index (χ0v) is 29.0. The summed E-state index contributed by atoms with van der Waals surface area (Å²) in [4.78, 5) is 0. The molecular weight excluding hydrogens is 593 g/mol. The highest BCUT2D eigenvalue weighted by molar-refractivity contribution is 6.16. The molecule has 0 unspecified atom stereocenters. The van der Waals surface area contributed by atoms with Crippen LogP contribution in [-0.4, -0.2) is 0 Å². The van der Waals surface area contributed by atoms with Crippen molar-refractivity contribution >= 4 is 44.3 Å². The summed E-state index contributed by atoms with van der Waals surface area (Å²) in [6.07, 6.45) is 0. The van der Waals surface area contributed by atoms with Crippen molar-refractivity contribution in [2.75, 3.05) is 10.6 Å². The molecule has 10 rings (SSSR count).